The number of rotatable bonds is 6. The maximum absolute atomic E-state index is 13.7. The Labute approximate surface area is 127 Å². The molecule has 1 amide bonds. The number of nitrogens with zero attached hydrogens (tertiary/aromatic N) is 3. The number of ether oxygens (including phenoxy) is 1. The molecule has 0 bridgehead atoms. The molecule has 22 heavy (non-hydrogen) atoms. The predicted octanol–water partition coefficient (Wildman–Crippen LogP) is 1.09. The molecule has 1 atom stereocenters. The number of carbonyl (C=O) groups is 1. The normalized spacial score (nSPS) is 12.2. The van der Waals surface area contributed by atoms with Crippen LogP contribution in [0, 0.1) is 5.82 Å². The average molecular weight is 307 g/mol. The fourth-order valence-electron chi connectivity index (χ4n) is 2.07. The van der Waals surface area contributed by atoms with Gasteiger partial charge in [0.2, 0.25) is 0 Å². The summed E-state index contributed by atoms with van der Waals surface area (Å²) in [6.45, 7) is 0.281. The number of aromatic nitrogens is 2. The number of hydrogen-bond acceptors (Lipinski definition) is 4. The summed E-state index contributed by atoms with van der Waals surface area (Å²) in [5.41, 5.74) is 0.582. The number of aliphatic hydroxyl groups excluding tert-OH is 1. The highest BCUT2D eigenvalue weighted by molar-refractivity contribution is 5.93. The van der Waals surface area contributed by atoms with E-state index in [1.165, 1.54) is 35.2 Å². The van der Waals surface area contributed by atoms with Gasteiger partial charge in [-0.1, -0.05) is 12.1 Å². The van der Waals surface area contributed by atoms with Gasteiger partial charge in [0.25, 0.3) is 5.91 Å². The second-order valence-corrected chi connectivity index (χ2v) is 4.92. The second-order valence-electron chi connectivity index (χ2n) is 4.92. The largest absolute Gasteiger partial charge is 0.389 e. The number of likely N-dealkylation sites (N-methyl/N-ethyl adjacent to an activating group) is 1. The molecule has 1 heterocycles. The van der Waals surface area contributed by atoms with Crippen molar-refractivity contribution in [3.63, 3.8) is 0 Å². The summed E-state index contributed by atoms with van der Waals surface area (Å²) in [7, 11) is 3.05. The number of amides is 1. The van der Waals surface area contributed by atoms with Crippen molar-refractivity contribution in [1.82, 2.24) is 14.7 Å². The fourth-order valence-corrected chi connectivity index (χ4v) is 2.07. The molecule has 0 aliphatic carbocycles. The Morgan fingerprint density at radius 2 is 2.23 bits per heavy atom. The third-order valence-electron chi connectivity index (χ3n) is 3.12. The monoisotopic (exact) mass is 307 g/mol. The van der Waals surface area contributed by atoms with Gasteiger partial charge in [-0.05, 0) is 12.1 Å². The Kier molecular flexibility index (Phi) is 5.24. The quantitative estimate of drug-likeness (QED) is 0.867. The lowest BCUT2D eigenvalue weighted by Gasteiger charge is -2.19. The van der Waals surface area contributed by atoms with E-state index in [0.717, 1.165) is 0 Å². The van der Waals surface area contributed by atoms with Crippen LogP contribution in [0.5, 0.6) is 0 Å². The van der Waals surface area contributed by atoms with Crippen molar-refractivity contribution in [3.05, 3.63) is 48.0 Å². The van der Waals surface area contributed by atoms with Gasteiger partial charge in [0, 0.05) is 26.9 Å². The molecule has 0 aliphatic rings. The summed E-state index contributed by atoms with van der Waals surface area (Å²) in [4.78, 5) is 13.6. The van der Waals surface area contributed by atoms with Gasteiger partial charge in [0.1, 0.15) is 11.5 Å². The van der Waals surface area contributed by atoms with Crippen molar-refractivity contribution >= 4 is 5.91 Å². The number of para-hydroxylation sites is 1. The molecule has 6 nitrogen and oxygen atoms in total. The standard InChI is InChI=1S/C15H18FN3O3/c1-18(9-12(20)10-22-2)15(21)11-7-17-19(8-11)14-6-4-3-5-13(14)16/h3-8,12,20H,9-10H2,1-2H3. The molecule has 0 saturated heterocycles. The van der Waals surface area contributed by atoms with Crippen LogP contribution in [-0.2, 0) is 4.74 Å². The van der Waals surface area contributed by atoms with E-state index in [9.17, 15) is 14.3 Å². The van der Waals surface area contributed by atoms with E-state index >= 15 is 0 Å². The van der Waals surface area contributed by atoms with E-state index in [2.05, 4.69) is 5.10 Å². The Balaban J connectivity index is 2.11. The van der Waals surface area contributed by atoms with Gasteiger partial charge >= 0.3 is 0 Å². The van der Waals surface area contributed by atoms with Crippen molar-refractivity contribution in [2.75, 3.05) is 27.3 Å². The van der Waals surface area contributed by atoms with Gasteiger partial charge in [-0.15, -0.1) is 0 Å². The van der Waals surface area contributed by atoms with E-state index in [1.54, 1.807) is 25.2 Å². The molecule has 2 rings (SSSR count). The maximum Gasteiger partial charge on any atom is 0.256 e. The maximum atomic E-state index is 13.7. The minimum absolute atomic E-state index is 0.136. The van der Waals surface area contributed by atoms with E-state index in [0.29, 0.717) is 5.56 Å². The zero-order valence-corrected chi connectivity index (χ0v) is 12.4. The highest BCUT2D eigenvalue weighted by Gasteiger charge is 2.17. The molecule has 0 saturated carbocycles. The number of methoxy groups -OCH3 is 1. The number of benzene rings is 1. The molecule has 1 aromatic carbocycles. The number of halogens is 1. The smallest absolute Gasteiger partial charge is 0.256 e. The molecule has 118 valence electrons. The first-order valence-electron chi connectivity index (χ1n) is 6.75. The zero-order valence-electron chi connectivity index (χ0n) is 12.4. The molecule has 1 N–H and O–H groups in total. The van der Waals surface area contributed by atoms with Crippen molar-refractivity contribution in [3.8, 4) is 5.69 Å². The Bertz CT molecular complexity index is 644. The van der Waals surface area contributed by atoms with E-state index in [4.69, 9.17) is 4.74 Å². The van der Waals surface area contributed by atoms with Crippen molar-refractivity contribution in [1.29, 1.82) is 0 Å². The number of carbonyl (C=O) groups excluding carboxylic acids is 1. The van der Waals surface area contributed by atoms with Crippen LogP contribution in [0.3, 0.4) is 0 Å². The number of aliphatic hydroxyl groups is 1. The molecule has 0 fully saturated rings. The van der Waals surface area contributed by atoms with Crippen LogP contribution < -0.4 is 0 Å². The predicted molar refractivity (Wildman–Crippen MR) is 78.4 cm³/mol. The summed E-state index contributed by atoms with van der Waals surface area (Å²) < 4.78 is 19.8. The lowest BCUT2D eigenvalue weighted by Crippen LogP contribution is -2.36. The Morgan fingerprint density at radius 3 is 2.91 bits per heavy atom. The summed E-state index contributed by atoms with van der Waals surface area (Å²) in [5.74, 6) is -0.730. The third-order valence-corrected chi connectivity index (χ3v) is 3.12. The minimum Gasteiger partial charge on any atom is -0.389 e. The van der Waals surface area contributed by atoms with Gasteiger partial charge in [-0.25, -0.2) is 9.07 Å². The van der Waals surface area contributed by atoms with Crippen LogP contribution in [0.1, 0.15) is 10.4 Å². The number of hydrogen-bond donors (Lipinski definition) is 1. The first-order chi connectivity index (χ1) is 10.5. The first kappa shape index (κ1) is 16.1. The SMILES string of the molecule is COCC(O)CN(C)C(=O)c1cnn(-c2ccccc2F)c1. The van der Waals surface area contributed by atoms with Crippen molar-refractivity contribution in [2.24, 2.45) is 0 Å². The van der Waals surface area contributed by atoms with Crippen LogP contribution in [-0.4, -0.2) is 59.1 Å². The van der Waals surface area contributed by atoms with Crippen LogP contribution in [0.4, 0.5) is 4.39 Å². The Hall–Kier alpha value is -2.25. The summed E-state index contributed by atoms with van der Waals surface area (Å²) in [6.07, 6.45) is 2.06. The van der Waals surface area contributed by atoms with Gasteiger partial charge in [0.05, 0.1) is 24.5 Å². The van der Waals surface area contributed by atoms with Gasteiger partial charge in [-0.2, -0.15) is 5.10 Å². The molecular weight excluding hydrogens is 289 g/mol. The molecular formula is C15H18FN3O3. The molecule has 0 spiro atoms. The minimum atomic E-state index is -0.763. The van der Waals surface area contributed by atoms with E-state index < -0.39 is 11.9 Å². The van der Waals surface area contributed by atoms with Crippen molar-refractivity contribution in [2.45, 2.75) is 6.10 Å². The van der Waals surface area contributed by atoms with E-state index in [1.807, 2.05) is 0 Å². The molecule has 1 aromatic heterocycles. The highest BCUT2D eigenvalue weighted by Crippen LogP contribution is 2.13. The summed E-state index contributed by atoms with van der Waals surface area (Å²) in [5, 5.41) is 13.7. The molecule has 1 unspecified atom stereocenters. The van der Waals surface area contributed by atoms with Gasteiger partial charge in [0.15, 0.2) is 0 Å². The summed E-state index contributed by atoms with van der Waals surface area (Å²) >= 11 is 0. The molecule has 0 radical (unpaired) electrons. The Morgan fingerprint density at radius 1 is 1.50 bits per heavy atom. The van der Waals surface area contributed by atoms with Crippen LogP contribution >= 0.6 is 0 Å². The van der Waals surface area contributed by atoms with E-state index in [-0.39, 0.29) is 24.7 Å². The molecule has 0 aliphatic heterocycles. The summed E-state index contributed by atoms with van der Waals surface area (Å²) in [6, 6.07) is 6.17. The van der Waals surface area contributed by atoms with Gasteiger partial charge < -0.3 is 14.7 Å². The van der Waals surface area contributed by atoms with Crippen LogP contribution in [0.2, 0.25) is 0 Å². The van der Waals surface area contributed by atoms with Crippen LogP contribution in [0.25, 0.3) is 5.69 Å². The zero-order chi connectivity index (χ0) is 16.1. The lowest BCUT2D eigenvalue weighted by molar-refractivity contribution is 0.0380. The van der Waals surface area contributed by atoms with Gasteiger partial charge in [-0.3, -0.25) is 4.79 Å². The molecule has 7 heteroatoms. The lowest BCUT2D eigenvalue weighted by atomic mass is 10.2. The average Bonchev–Trinajstić information content (AvgIpc) is 2.96. The highest BCUT2D eigenvalue weighted by atomic mass is 19.1. The van der Waals surface area contributed by atoms with Crippen molar-refractivity contribution < 1.29 is 19.0 Å². The first-order valence-corrected chi connectivity index (χ1v) is 6.75. The fraction of sp³-hybridized carbons (Fsp3) is 0.333. The second kappa shape index (κ2) is 7.15. The topological polar surface area (TPSA) is 67.6 Å². The third kappa shape index (κ3) is 3.69. The van der Waals surface area contributed by atoms with Crippen LogP contribution in [0.15, 0.2) is 36.7 Å². The molecule has 2 aromatic rings.